The average molecular weight is 256 g/mol. The van der Waals surface area contributed by atoms with Gasteiger partial charge in [0.15, 0.2) is 0 Å². The van der Waals surface area contributed by atoms with Crippen molar-refractivity contribution >= 4 is 16.5 Å². The van der Waals surface area contributed by atoms with E-state index in [0.29, 0.717) is 18.5 Å². The van der Waals surface area contributed by atoms with Crippen molar-refractivity contribution in [3.8, 4) is 0 Å². The van der Waals surface area contributed by atoms with Crippen molar-refractivity contribution in [1.29, 1.82) is 0 Å². The molecule has 0 saturated carbocycles. The van der Waals surface area contributed by atoms with Crippen molar-refractivity contribution in [3.05, 3.63) is 42.0 Å². The summed E-state index contributed by atoms with van der Waals surface area (Å²) in [6, 6.07) is 13.6. The first kappa shape index (κ1) is 13.9. The summed E-state index contributed by atoms with van der Waals surface area (Å²) in [7, 11) is 2.13. The lowest BCUT2D eigenvalue weighted by Crippen LogP contribution is -2.41. The van der Waals surface area contributed by atoms with Gasteiger partial charge in [-0.1, -0.05) is 43.7 Å². The summed E-state index contributed by atoms with van der Waals surface area (Å²) >= 11 is 0. The van der Waals surface area contributed by atoms with Crippen LogP contribution in [0.25, 0.3) is 10.8 Å². The van der Waals surface area contributed by atoms with E-state index in [0.717, 1.165) is 0 Å². The molecule has 0 bridgehead atoms. The van der Waals surface area contributed by atoms with Gasteiger partial charge in [0.05, 0.1) is 0 Å². The molecule has 0 amide bonds. The molecule has 2 aromatic carbocycles. The van der Waals surface area contributed by atoms with E-state index in [4.69, 9.17) is 5.73 Å². The second-order valence-corrected chi connectivity index (χ2v) is 5.69. The fourth-order valence-electron chi connectivity index (χ4n) is 2.64. The van der Waals surface area contributed by atoms with Crippen LogP contribution >= 0.6 is 0 Å². The molecule has 0 radical (unpaired) electrons. The molecule has 2 nitrogen and oxygen atoms in total. The topological polar surface area (TPSA) is 29.3 Å². The van der Waals surface area contributed by atoms with Gasteiger partial charge < -0.3 is 10.6 Å². The van der Waals surface area contributed by atoms with Gasteiger partial charge >= 0.3 is 0 Å². The lowest BCUT2D eigenvalue weighted by atomic mass is 10.0. The maximum atomic E-state index is 5.90. The monoisotopic (exact) mass is 256 g/mol. The first-order chi connectivity index (χ1) is 9.02. The maximum Gasteiger partial charge on any atom is 0.0431 e. The van der Waals surface area contributed by atoms with Gasteiger partial charge in [-0.25, -0.2) is 0 Å². The highest BCUT2D eigenvalue weighted by Crippen LogP contribution is 2.25. The first-order valence-electron chi connectivity index (χ1n) is 6.96. The molecule has 2 heteroatoms. The Hall–Kier alpha value is -1.54. The van der Waals surface area contributed by atoms with Crippen molar-refractivity contribution < 1.29 is 0 Å². The van der Waals surface area contributed by atoms with Gasteiger partial charge in [-0.2, -0.15) is 0 Å². The Bertz CT molecular complexity index is 560. The number of fused-ring (bicyclic) bond motifs is 1. The summed E-state index contributed by atoms with van der Waals surface area (Å²) in [6.45, 7) is 7.25. The number of nitrogens with two attached hydrogens (primary N) is 1. The van der Waals surface area contributed by atoms with E-state index in [1.165, 1.54) is 22.0 Å². The molecule has 1 atom stereocenters. The minimum atomic E-state index is 0.378. The summed E-state index contributed by atoms with van der Waals surface area (Å²) < 4.78 is 0. The van der Waals surface area contributed by atoms with E-state index in [1.807, 2.05) is 0 Å². The smallest absolute Gasteiger partial charge is 0.0431 e. The van der Waals surface area contributed by atoms with Crippen LogP contribution in [-0.4, -0.2) is 19.6 Å². The third kappa shape index (κ3) is 2.90. The third-order valence-corrected chi connectivity index (χ3v) is 3.90. The Labute approximate surface area is 116 Å². The highest BCUT2D eigenvalue weighted by molar-refractivity contribution is 5.86. The largest absolute Gasteiger partial charge is 0.370 e. The summed E-state index contributed by atoms with van der Waals surface area (Å²) in [5.41, 5.74) is 8.44. The molecular formula is C17H24N2. The average Bonchev–Trinajstić information content (AvgIpc) is 2.38. The van der Waals surface area contributed by atoms with E-state index in [1.54, 1.807) is 0 Å². The predicted octanol–water partition coefficient (Wildman–Crippen LogP) is 3.57. The first-order valence-corrected chi connectivity index (χ1v) is 6.96. The molecule has 2 aromatic rings. The molecule has 102 valence electrons. The SMILES string of the molecule is Cc1ccc2cc(N(C)C(CN)C(C)C)ccc2c1. The zero-order valence-corrected chi connectivity index (χ0v) is 12.4. The van der Waals surface area contributed by atoms with Crippen molar-refractivity contribution in [2.45, 2.75) is 26.8 Å². The van der Waals surface area contributed by atoms with Crippen LogP contribution < -0.4 is 10.6 Å². The number of rotatable bonds is 4. The van der Waals surface area contributed by atoms with Gasteiger partial charge in [0, 0.05) is 25.3 Å². The maximum absolute atomic E-state index is 5.90. The van der Waals surface area contributed by atoms with E-state index < -0.39 is 0 Å². The van der Waals surface area contributed by atoms with Gasteiger partial charge in [-0.05, 0) is 35.7 Å². The molecule has 1 unspecified atom stereocenters. The Kier molecular flexibility index (Phi) is 4.11. The zero-order chi connectivity index (χ0) is 14.0. The third-order valence-electron chi connectivity index (χ3n) is 3.90. The van der Waals surface area contributed by atoms with Crippen molar-refractivity contribution in [2.75, 3.05) is 18.5 Å². The molecule has 0 fully saturated rings. The van der Waals surface area contributed by atoms with Crippen LogP contribution in [0, 0.1) is 12.8 Å². The van der Waals surface area contributed by atoms with Crippen molar-refractivity contribution in [3.63, 3.8) is 0 Å². The molecule has 0 aliphatic heterocycles. The number of aryl methyl sites for hydroxylation is 1. The minimum absolute atomic E-state index is 0.378. The second-order valence-electron chi connectivity index (χ2n) is 5.69. The molecule has 2 rings (SSSR count). The van der Waals surface area contributed by atoms with E-state index in [-0.39, 0.29) is 0 Å². The predicted molar refractivity (Wildman–Crippen MR) is 84.8 cm³/mol. The molecule has 0 aliphatic rings. The van der Waals surface area contributed by atoms with Gasteiger partial charge in [-0.15, -0.1) is 0 Å². The Balaban J connectivity index is 2.37. The highest BCUT2D eigenvalue weighted by Gasteiger charge is 2.17. The Morgan fingerprint density at radius 2 is 1.68 bits per heavy atom. The number of nitrogens with zero attached hydrogens (tertiary/aromatic N) is 1. The van der Waals surface area contributed by atoms with Crippen LogP contribution in [0.5, 0.6) is 0 Å². The van der Waals surface area contributed by atoms with E-state index in [9.17, 15) is 0 Å². The molecule has 19 heavy (non-hydrogen) atoms. The fourth-order valence-corrected chi connectivity index (χ4v) is 2.64. The van der Waals surface area contributed by atoms with Crippen LogP contribution in [-0.2, 0) is 0 Å². The molecule has 0 aromatic heterocycles. The number of anilines is 1. The van der Waals surface area contributed by atoms with Crippen LogP contribution in [0.1, 0.15) is 19.4 Å². The van der Waals surface area contributed by atoms with Gasteiger partial charge in [0.2, 0.25) is 0 Å². The van der Waals surface area contributed by atoms with Crippen LogP contribution in [0.15, 0.2) is 36.4 Å². The van der Waals surface area contributed by atoms with E-state index in [2.05, 4.69) is 69.1 Å². The standard InChI is InChI=1S/C17H24N2/c1-12(2)17(11-18)19(4)16-8-7-14-9-13(3)5-6-15(14)10-16/h5-10,12,17H,11,18H2,1-4H3. The lowest BCUT2D eigenvalue weighted by Gasteiger charge is -2.32. The fraction of sp³-hybridized carbons (Fsp3) is 0.412. The number of likely N-dealkylation sites (N-methyl/N-ethyl adjacent to an activating group) is 1. The summed E-state index contributed by atoms with van der Waals surface area (Å²) in [6.07, 6.45) is 0. The van der Waals surface area contributed by atoms with Crippen molar-refractivity contribution in [2.24, 2.45) is 11.7 Å². The van der Waals surface area contributed by atoms with Gasteiger partial charge in [-0.3, -0.25) is 0 Å². The highest BCUT2D eigenvalue weighted by atomic mass is 15.1. The molecule has 0 heterocycles. The summed E-state index contributed by atoms with van der Waals surface area (Å²) in [4.78, 5) is 2.30. The minimum Gasteiger partial charge on any atom is -0.370 e. The van der Waals surface area contributed by atoms with Crippen LogP contribution in [0.4, 0.5) is 5.69 Å². The summed E-state index contributed by atoms with van der Waals surface area (Å²) in [5.74, 6) is 0.545. The number of benzene rings is 2. The molecule has 0 aliphatic carbocycles. The number of hydrogen-bond donors (Lipinski definition) is 1. The van der Waals surface area contributed by atoms with E-state index >= 15 is 0 Å². The molecular weight excluding hydrogens is 232 g/mol. The summed E-state index contributed by atoms with van der Waals surface area (Å²) in [5, 5.41) is 2.58. The molecule has 2 N–H and O–H groups in total. The van der Waals surface area contributed by atoms with Gasteiger partial charge in [0.1, 0.15) is 0 Å². The van der Waals surface area contributed by atoms with Crippen LogP contribution in [0.2, 0.25) is 0 Å². The molecule has 0 spiro atoms. The normalized spacial score (nSPS) is 12.9. The number of hydrogen-bond acceptors (Lipinski definition) is 2. The molecule has 0 saturated heterocycles. The van der Waals surface area contributed by atoms with Crippen molar-refractivity contribution in [1.82, 2.24) is 0 Å². The quantitative estimate of drug-likeness (QED) is 0.906. The van der Waals surface area contributed by atoms with Gasteiger partial charge in [0.25, 0.3) is 0 Å². The Morgan fingerprint density at radius 3 is 2.32 bits per heavy atom. The Morgan fingerprint density at radius 1 is 1.05 bits per heavy atom. The lowest BCUT2D eigenvalue weighted by molar-refractivity contribution is 0.480. The zero-order valence-electron chi connectivity index (χ0n) is 12.4. The van der Waals surface area contributed by atoms with Crippen LogP contribution in [0.3, 0.4) is 0 Å². The second kappa shape index (κ2) is 5.62.